The molecule has 2 aliphatic heterocycles. The Kier molecular flexibility index (Phi) is 4.51. The van der Waals surface area contributed by atoms with E-state index >= 15 is 0 Å². The quantitative estimate of drug-likeness (QED) is 0.538. The Morgan fingerprint density at radius 2 is 1.90 bits per heavy atom. The zero-order valence-corrected chi connectivity index (χ0v) is 15.2. The van der Waals surface area contributed by atoms with Gasteiger partial charge in [-0.2, -0.15) is 0 Å². The Bertz CT molecular complexity index is 1050. The van der Waals surface area contributed by atoms with E-state index in [1.54, 1.807) is 25.1 Å². The molecule has 148 valence electrons. The number of hydrogen-bond donors (Lipinski definition) is 3. The zero-order chi connectivity index (χ0) is 20.5. The van der Waals surface area contributed by atoms with Gasteiger partial charge in [-0.15, -0.1) is 0 Å². The van der Waals surface area contributed by atoms with Gasteiger partial charge in [0.15, 0.2) is 11.5 Å². The van der Waals surface area contributed by atoms with Crippen molar-refractivity contribution < 1.29 is 24.0 Å². The fourth-order valence-electron chi connectivity index (χ4n) is 3.20. The van der Waals surface area contributed by atoms with Crippen LogP contribution in [0.1, 0.15) is 18.5 Å². The highest BCUT2D eigenvalue weighted by molar-refractivity contribution is 6.06. The lowest BCUT2D eigenvalue weighted by Crippen LogP contribution is -2.45. The van der Waals surface area contributed by atoms with Gasteiger partial charge in [0, 0.05) is 23.5 Å². The van der Waals surface area contributed by atoms with Gasteiger partial charge in [0.25, 0.3) is 11.6 Å². The Balaban J connectivity index is 1.63. The van der Waals surface area contributed by atoms with Crippen molar-refractivity contribution in [3.63, 3.8) is 0 Å². The normalized spacial score (nSPS) is 17.4. The van der Waals surface area contributed by atoms with Crippen molar-refractivity contribution in [1.29, 1.82) is 0 Å². The lowest BCUT2D eigenvalue weighted by atomic mass is 9.94. The van der Waals surface area contributed by atoms with Crippen molar-refractivity contribution in [1.82, 2.24) is 10.6 Å². The van der Waals surface area contributed by atoms with E-state index in [4.69, 9.17) is 9.47 Å². The van der Waals surface area contributed by atoms with Gasteiger partial charge >= 0.3 is 6.03 Å². The van der Waals surface area contributed by atoms with Gasteiger partial charge in [-0.25, -0.2) is 4.79 Å². The van der Waals surface area contributed by atoms with Crippen molar-refractivity contribution >= 4 is 23.3 Å². The molecule has 0 radical (unpaired) electrons. The van der Waals surface area contributed by atoms with E-state index < -0.39 is 22.9 Å². The highest BCUT2D eigenvalue weighted by Crippen LogP contribution is 2.37. The summed E-state index contributed by atoms with van der Waals surface area (Å²) in [6, 6.07) is 9.51. The van der Waals surface area contributed by atoms with Crippen molar-refractivity contribution in [3.05, 3.63) is 69.4 Å². The van der Waals surface area contributed by atoms with Gasteiger partial charge in [0.2, 0.25) is 6.79 Å². The second-order valence-corrected chi connectivity index (χ2v) is 6.44. The molecule has 29 heavy (non-hydrogen) atoms. The molecule has 0 saturated carbocycles. The van der Waals surface area contributed by atoms with Crippen LogP contribution in [0.25, 0.3) is 0 Å². The first-order valence-electron chi connectivity index (χ1n) is 8.66. The van der Waals surface area contributed by atoms with Crippen LogP contribution in [-0.4, -0.2) is 23.7 Å². The molecule has 4 rings (SSSR count). The van der Waals surface area contributed by atoms with Gasteiger partial charge in [0.1, 0.15) is 0 Å². The summed E-state index contributed by atoms with van der Waals surface area (Å²) in [7, 11) is 0. The average molecular weight is 396 g/mol. The minimum absolute atomic E-state index is 0.0803. The molecule has 10 heteroatoms. The number of carbonyl (C=O) groups is 2. The summed E-state index contributed by atoms with van der Waals surface area (Å²) in [5.41, 5.74) is 1.67. The fraction of sp³-hybridized carbons (Fsp3) is 0.158. The van der Waals surface area contributed by atoms with Crippen LogP contribution >= 0.6 is 0 Å². The van der Waals surface area contributed by atoms with E-state index in [0.717, 1.165) is 0 Å². The maximum absolute atomic E-state index is 13.0. The van der Waals surface area contributed by atoms with Gasteiger partial charge in [-0.05, 0) is 36.8 Å². The number of nitrogens with zero attached hydrogens (tertiary/aromatic N) is 1. The van der Waals surface area contributed by atoms with Crippen LogP contribution in [0.4, 0.5) is 16.2 Å². The third kappa shape index (κ3) is 3.55. The van der Waals surface area contributed by atoms with Crippen molar-refractivity contribution in [2.45, 2.75) is 13.0 Å². The maximum atomic E-state index is 13.0. The van der Waals surface area contributed by atoms with Crippen molar-refractivity contribution in [3.8, 4) is 11.5 Å². The number of nitrogens with one attached hydrogen (secondary N) is 3. The molecule has 0 aromatic heterocycles. The van der Waals surface area contributed by atoms with E-state index in [0.29, 0.717) is 34.0 Å². The monoisotopic (exact) mass is 396 g/mol. The SMILES string of the molecule is CC1=C(C(=O)Nc2ccc([N+](=O)[O-])cc2)[C@@H](c2ccc3c(c2)OCO3)NC(=O)N1. The Morgan fingerprint density at radius 1 is 1.17 bits per heavy atom. The molecule has 0 spiro atoms. The summed E-state index contributed by atoms with van der Waals surface area (Å²) in [4.78, 5) is 35.2. The number of non-ortho nitro benzene ring substituents is 1. The molecule has 0 unspecified atom stereocenters. The van der Waals surface area contributed by atoms with Crippen molar-refractivity contribution in [2.24, 2.45) is 0 Å². The Morgan fingerprint density at radius 3 is 2.62 bits per heavy atom. The smallest absolute Gasteiger partial charge is 0.319 e. The number of benzene rings is 2. The highest BCUT2D eigenvalue weighted by Gasteiger charge is 2.32. The Hall–Kier alpha value is -4.08. The van der Waals surface area contributed by atoms with E-state index in [-0.39, 0.29) is 12.5 Å². The molecule has 2 heterocycles. The molecule has 0 fully saturated rings. The number of urea groups is 1. The van der Waals surface area contributed by atoms with Crippen LogP contribution in [0, 0.1) is 10.1 Å². The van der Waals surface area contributed by atoms with Crippen LogP contribution in [0.3, 0.4) is 0 Å². The molecule has 2 aromatic rings. The third-order valence-electron chi connectivity index (χ3n) is 4.58. The first kappa shape index (κ1) is 18.3. The van der Waals surface area contributed by atoms with Crippen LogP contribution in [0.2, 0.25) is 0 Å². The molecule has 0 bridgehead atoms. The molecule has 2 aliphatic rings. The first-order valence-corrected chi connectivity index (χ1v) is 8.66. The van der Waals surface area contributed by atoms with Crippen LogP contribution in [-0.2, 0) is 4.79 Å². The lowest BCUT2D eigenvalue weighted by molar-refractivity contribution is -0.384. The number of rotatable bonds is 4. The predicted octanol–water partition coefficient (Wildman–Crippen LogP) is 2.59. The number of nitro benzene ring substituents is 1. The highest BCUT2D eigenvalue weighted by atomic mass is 16.7. The molecule has 0 saturated heterocycles. The minimum Gasteiger partial charge on any atom is -0.454 e. The molecule has 2 aromatic carbocycles. The number of allylic oxidation sites excluding steroid dienone is 1. The Labute approximate surface area is 164 Å². The summed E-state index contributed by atoms with van der Waals surface area (Å²) in [5.74, 6) is 0.668. The summed E-state index contributed by atoms with van der Waals surface area (Å²) < 4.78 is 10.7. The summed E-state index contributed by atoms with van der Waals surface area (Å²) in [6.45, 7) is 1.74. The number of ether oxygens (including phenoxy) is 2. The number of amides is 3. The van der Waals surface area contributed by atoms with E-state index in [1.807, 2.05) is 0 Å². The molecule has 3 amide bonds. The third-order valence-corrected chi connectivity index (χ3v) is 4.58. The zero-order valence-electron chi connectivity index (χ0n) is 15.2. The van der Waals surface area contributed by atoms with Crippen LogP contribution in [0.5, 0.6) is 11.5 Å². The van der Waals surface area contributed by atoms with Gasteiger partial charge in [-0.3, -0.25) is 14.9 Å². The van der Waals surface area contributed by atoms with Gasteiger partial charge in [0.05, 0.1) is 16.5 Å². The lowest BCUT2D eigenvalue weighted by Gasteiger charge is -2.28. The number of fused-ring (bicyclic) bond motifs is 1. The van der Waals surface area contributed by atoms with E-state index in [9.17, 15) is 19.7 Å². The van der Waals surface area contributed by atoms with E-state index in [2.05, 4.69) is 16.0 Å². The topological polar surface area (TPSA) is 132 Å². The standard InChI is InChI=1S/C19H16N4O6/c1-10-16(18(24)21-12-3-5-13(6-4-12)23(26)27)17(22-19(25)20-10)11-2-7-14-15(8-11)29-9-28-14/h2-8,17H,9H2,1H3,(H,21,24)(H2,20,22,25)/t17-/m1/s1. The predicted molar refractivity (Wildman–Crippen MR) is 101 cm³/mol. The van der Waals surface area contributed by atoms with Crippen molar-refractivity contribution in [2.75, 3.05) is 12.1 Å². The van der Waals surface area contributed by atoms with E-state index in [1.165, 1.54) is 24.3 Å². The molecular weight excluding hydrogens is 380 g/mol. The summed E-state index contributed by atoms with van der Waals surface area (Å²) in [5, 5.41) is 18.8. The summed E-state index contributed by atoms with van der Waals surface area (Å²) in [6.07, 6.45) is 0. The number of hydrogen-bond acceptors (Lipinski definition) is 6. The van der Waals surface area contributed by atoms with Gasteiger partial charge < -0.3 is 25.4 Å². The molecule has 3 N–H and O–H groups in total. The number of nitro groups is 1. The second kappa shape index (κ2) is 7.15. The molecule has 0 aliphatic carbocycles. The molecule has 1 atom stereocenters. The number of carbonyl (C=O) groups excluding carboxylic acids is 2. The first-order chi connectivity index (χ1) is 13.9. The molecular formula is C19H16N4O6. The fourth-order valence-corrected chi connectivity index (χ4v) is 3.20. The molecule has 10 nitrogen and oxygen atoms in total. The second-order valence-electron chi connectivity index (χ2n) is 6.44. The number of anilines is 1. The maximum Gasteiger partial charge on any atom is 0.319 e. The average Bonchev–Trinajstić information content (AvgIpc) is 3.15. The van der Waals surface area contributed by atoms with Crippen LogP contribution in [0.15, 0.2) is 53.7 Å². The summed E-state index contributed by atoms with van der Waals surface area (Å²) >= 11 is 0. The minimum atomic E-state index is -0.712. The van der Waals surface area contributed by atoms with Gasteiger partial charge in [-0.1, -0.05) is 6.07 Å². The van der Waals surface area contributed by atoms with Crippen LogP contribution < -0.4 is 25.4 Å². The largest absolute Gasteiger partial charge is 0.454 e.